The second kappa shape index (κ2) is 4.21. The predicted molar refractivity (Wildman–Crippen MR) is 51.6 cm³/mol. The van der Waals surface area contributed by atoms with Gasteiger partial charge in [-0.15, -0.1) is 0 Å². The van der Waals surface area contributed by atoms with Crippen molar-refractivity contribution in [3.63, 3.8) is 0 Å². The maximum atomic E-state index is 11.6. The van der Waals surface area contributed by atoms with Gasteiger partial charge in [0.2, 0.25) is 0 Å². The molecular weight excluding hydrogens is 164 g/mol. The Bertz CT molecular complexity index is 291. The van der Waals surface area contributed by atoms with Crippen LogP contribution >= 0.6 is 0 Å². The molecule has 1 atom stereocenters. The van der Waals surface area contributed by atoms with Crippen molar-refractivity contribution in [3.05, 3.63) is 18.0 Å². The average Bonchev–Trinajstić information content (AvgIpc) is 2.51. The minimum absolute atomic E-state index is 0.189. The van der Waals surface area contributed by atoms with Gasteiger partial charge in [0, 0.05) is 19.7 Å². The predicted octanol–water partition coefficient (Wildman–Crippen LogP) is 2.04. The molecule has 3 heteroatoms. The molecule has 0 radical (unpaired) electrons. The fourth-order valence-electron chi connectivity index (χ4n) is 1.21. The second-order valence-electron chi connectivity index (χ2n) is 3.48. The van der Waals surface area contributed by atoms with E-state index in [1.54, 1.807) is 24.0 Å². The number of Topliss-reactive ketones (excluding diaryl/α,β-unsaturated/α-hetero) is 1. The van der Waals surface area contributed by atoms with Gasteiger partial charge in [0.25, 0.3) is 0 Å². The van der Waals surface area contributed by atoms with Crippen molar-refractivity contribution >= 4 is 5.78 Å². The standard InChI is InChI=1S/C10H16N2O/c1-4-8(2)7-10(13)9-5-6-11-12(9)3/h5-6,8H,4,7H2,1-3H3. The Kier molecular flexibility index (Phi) is 3.23. The Morgan fingerprint density at radius 2 is 2.38 bits per heavy atom. The Morgan fingerprint density at radius 3 is 2.85 bits per heavy atom. The Morgan fingerprint density at radius 1 is 1.69 bits per heavy atom. The summed E-state index contributed by atoms with van der Waals surface area (Å²) in [6.45, 7) is 4.19. The molecule has 1 unspecified atom stereocenters. The topological polar surface area (TPSA) is 34.9 Å². The van der Waals surface area contributed by atoms with E-state index in [1.807, 2.05) is 0 Å². The molecule has 0 spiro atoms. The van der Waals surface area contributed by atoms with Crippen LogP contribution in [-0.2, 0) is 7.05 Å². The van der Waals surface area contributed by atoms with Crippen LogP contribution in [0.5, 0.6) is 0 Å². The van der Waals surface area contributed by atoms with Gasteiger partial charge in [-0.2, -0.15) is 5.10 Å². The summed E-state index contributed by atoms with van der Waals surface area (Å²) in [7, 11) is 1.80. The van der Waals surface area contributed by atoms with E-state index >= 15 is 0 Å². The zero-order valence-corrected chi connectivity index (χ0v) is 8.45. The lowest BCUT2D eigenvalue weighted by molar-refractivity contribution is 0.0954. The third-order valence-electron chi connectivity index (χ3n) is 2.34. The smallest absolute Gasteiger partial charge is 0.181 e. The van der Waals surface area contributed by atoms with E-state index in [2.05, 4.69) is 18.9 Å². The first-order chi connectivity index (χ1) is 6.15. The molecule has 0 N–H and O–H groups in total. The highest BCUT2D eigenvalue weighted by molar-refractivity contribution is 5.94. The molecule has 0 aliphatic rings. The quantitative estimate of drug-likeness (QED) is 0.664. The second-order valence-corrected chi connectivity index (χ2v) is 3.48. The highest BCUT2D eigenvalue weighted by Gasteiger charge is 2.12. The van der Waals surface area contributed by atoms with Crippen LogP contribution in [0.25, 0.3) is 0 Å². The molecule has 0 fully saturated rings. The van der Waals surface area contributed by atoms with E-state index in [0.717, 1.165) is 6.42 Å². The number of nitrogens with zero attached hydrogens (tertiary/aromatic N) is 2. The van der Waals surface area contributed by atoms with Gasteiger partial charge >= 0.3 is 0 Å². The Labute approximate surface area is 78.8 Å². The van der Waals surface area contributed by atoms with Crippen LogP contribution in [0.4, 0.5) is 0 Å². The number of aromatic nitrogens is 2. The molecule has 1 heterocycles. The Balaban J connectivity index is 2.64. The number of rotatable bonds is 4. The summed E-state index contributed by atoms with van der Waals surface area (Å²) >= 11 is 0. The van der Waals surface area contributed by atoms with Crippen LogP contribution in [-0.4, -0.2) is 15.6 Å². The molecule has 1 rings (SSSR count). The number of hydrogen-bond acceptors (Lipinski definition) is 2. The number of carbonyl (C=O) groups excluding carboxylic acids is 1. The molecule has 0 aliphatic heterocycles. The average molecular weight is 180 g/mol. The molecule has 0 aliphatic carbocycles. The molecule has 72 valence electrons. The highest BCUT2D eigenvalue weighted by atomic mass is 16.1. The van der Waals surface area contributed by atoms with E-state index in [1.165, 1.54) is 0 Å². The van der Waals surface area contributed by atoms with Crippen molar-refractivity contribution in [3.8, 4) is 0 Å². The maximum Gasteiger partial charge on any atom is 0.181 e. The highest BCUT2D eigenvalue weighted by Crippen LogP contribution is 2.11. The van der Waals surface area contributed by atoms with Gasteiger partial charge in [0.15, 0.2) is 5.78 Å². The van der Waals surface area contributed by atoms with Crippen molar-refractivity contribution in [1.82, 2.24) is 9.78 Å². The summed E-state index contributed by atoms with van der Waals surface area (Å²) in [5, 5.41) is 3.97. The van der Waals surface area contributed by atoms with Crippen LogP contribution < -0.4 is 0 Å². The molecule has 1 aromatic rings. The van der Waals surface area contributed by atoms with E-state index in [0.29, 0.717) is 18.0 Å². The first-order valence-electron chi connectivity index (χ1n) is 4.66. The maximum absolute atomic E-state index is 11.6. The van der Waals surface area contributed by atoms with Crippen molar-refractivity contribution in [2.45, 2.75) is 26.7 Å². The zero-order chi connectivity index (χ0) is 9.84. The fourth-order valence-corrected chi connectivity index (χ4v) is 1.21. The van der Waals surface area contributed by atoms with Crippen LogP contribution in [0.15, 0.2) is 12.3 Å². The summed E-state index contributed by atoms with van der Waals surface area (Å²) in [6, 6.07) is 1.77. The molecular formula is C10H16N2O. The fraction of sp³-hybridized carbons (Fsp3) is 0.600. The summed E-state index contributed by atoms with van der Waals surface area (Å²) in [5.74, 6) is 0.650. The van der Waals surface area contributed by atoms with E-state index < -0.39 is 0 Å². The van der Waals surface area contributed by atoms with E-state index in [9.17, 15) is 4.79 Å². The van der Waals surface area contributed by atoms with Gasteiger partial charge in [-0.3, -0.25) is 9.48 Å². The molecule has 3 nitrogen and oxygen atoms in total. The van der Waals surface area contributed by atoms with E-state index in [-0.39, 0.29) is 5.78 Å². The third kappa shape index (κ3) is 2.41. The lowest BCUT2D eigenvalue weighted by atomic mass is 10.0. The molecule has 0 saturated carbocycles. The van der Waals surface area contributed by atoms with Crippen LogP contribution in [0.3, 0.4) is 0 Å². The van der Waals surface area contributed by atoms with Crippen LogP contribution in [0.2, 0.25) is 0 Å². The molecule has 0 bridgehead atoms. The number of hydrogen-bond donors (Lipinski definition) is 0. The van der Waals surface area contributed by atoms with Gasteiger partial charge < -0.3 is 0 Å². The minimum atomic E-state index is 0.189. The first kappa shape index (κ1) is 9.96. The Hall–Kier alpha value is -1.12. The van der Waals surface area contributed by atoms with Crippen LogP contribution in [0.1, 0.15) is 37.2 Å². The van der Waals surface area contributed by atoms with Crippen molar-refractivity contribution < 1.29 is 4.79 Å². The SMILES string of the molecule is CCC(C)CC(=O)c1ccnn1C. The third-order valence-corrected chi connectivity index (χ3v) is 2.34. The van der Waals surface area contributed by atoms with Gasteiger partial charge in [-0.1, -0.05) is 20.3 Å². The number of ketones is 1. The zero-order valence-electron chi connectivity index (χ0n) is 8.45. The molecule has 0 aromatic carbocycles. The van der Waals surface area contributed by atoms with Crippen molar-refractivity contribution in [2.75, 3.05) is 0 Å². The monoisotopic (exact) mass is 180 g/mol. The van der Waals surface area contributed by atoms with Gasteiger partial charge in [0.05, 0.1) is 0 Å². The largest absolute Gasteiger partial charge is 0.292 e. The summed E-state index contributed by atoms with van der Waals surface area (Å²) in [4.78, 5) is 11.6. The van der Waals surface area contributed by atoms with E-state index in [4.69, 9.17) is 0 Å². The summed E-state index contributed by atoms with van der Waals surface area (Å²) in [5.41, 5.74) is 0.709. The summed E-state index contributed by atoms with van der Waals surface area (Å²) < 4.78 is 1.63. The number of aryl methyl sites for hydroxylation is 1. The van der Waals surface area contributed by atoms with Crippen molar-refractivity contribution in [1.29, 1.82) is 0 Å². The van der Waals surface area contributed by atoms with Crippen LogP contribution in [0, 0.1) is 5.92 Å². The molecule has 0 saturated heterocycles. The molecule has 0 amide bonds. The van der Waals surface area contributed by atoms with Gasteiger partial charge in [0.1, 0.15) is 5.69 Å². The molecule has 1 aromatic heterocycles. The number of carbonyl (C=O) groups is 1. The van der Waals surface area contributed by atoms with Gasteiger partial charge in [-0.25, -0.2) is 0 Å². The summed E-state index contributed by atoms with van der Waals surface area (Å²) in [6.07, 6.45) is 3.32. The lowest BCUT2D eigenvalue weighted by Crippen LogP contribution is -2.10. The van der Waals surface area contributed by atoms with Crippen molar-refractivity contribution in [2.24, 2.45) is 13.0 Å². The van der Waals surface area contributed by atoms with Gasteiger partial charge in [-0.05, 0) is 12.0 Å². The minimum Gasteiger partial charge on any atom is -0.292 e. The lowest BCUT2D eigenvalue weighted by Gasteiger charge is -2.06. The normalized spacial score (nSPS) is 12.8. The molecule has 13 heavy (non-hydrogen) atoms. The first-order valence-corrected chi connectivity index (χ1v) is 4.66.